The minimum atomic E-state index is 0.249. The van der Waals surface area contributed by atoms with Gasteiger partial charge in [-0.15, -0.1) is 0 Å². The summed E-state index contributed by atoms with van der Waals surface area (Å²) in [5, 5.41) is 8.99. The second-order valence-electron chi connectivity index (χ2n) is 3.58. The fraction of sp³-hybridized carbons (Fsp3) is 0.556. The third kappa shape index (κ3) is 1.77. The van der Waals surface area contributed by atoms with Crippen molar-refractivity contribution < 1.29 is 5.11 Å². The average molecular weight is 194 g/mol. The number of nitrogen functional groups attached to an aromatic ring is 1. The van der Waals surface area contributed by atoms with Gasteiger partial charge in [0.2, 0.25) is 0 Å². The van der Waals surface area contributed by atoms with Crippen molar-refractivity contribution in [3.8, 4) is 0 Å². The van der Waals surface area contributed by atoms with Crippen LogP contribution in [0, 0.1) is 5.92 Å². The lowest BCUT2D eigenvalue weighted by Crippen LogP contribution is -2.21. The van der Waals surface area contributed by atoms with Gasteiger partial charge in [0.15, 0.2) is 0 Å². The summed E-state index contributed by atoms with van der Waals surface area (Å²) in [7, 11) is 0. The number of hydrogen-bond acceptors (Lipinski definition) is 5. The maximum absolute atomic E-state index is 8.99. The second kappa shape index (κ2) is 3.79. The van der Waals surface area contributed by atoms with Gasteiger partial charge in [0.05, 0.1) is 12.4 Å². The second-order valence-corrected chi connectivity index (χ2v) is 3.58. The maximum Gasteiger partial charge on any atom is 0.147 e. The average Bonchev–Trinajstić information content (AvgIpc) is 2.67. The summed E-state index contributed by atoms with van der Waals surface area (Å²) in [5.41, 5.74) is 5.45. The van der Waals surface area contributed by atoms with Crippen LogP contribution in [0.1, 0.15) is 6.42 Å². The predicted octanol–water partition coefficient (Wildman–Crippen LogP) is -0.123. The van der Waals surface area contributed by atoms with Crippen LogP contribution < -0.4 is 10.6 Å². The summed E-state index contributed by atoms with van der Waals surface area (Å²) in [6, 6.07) is 0. The van der Waals surface area contributed by atoms with E-state index in [1.165, 1.54) is 0 Å². The Morgan fingerprint density at radius 3 is 2.93 bits per heavy atom. The molecule has 1 fully saturated rings. The Morgan fingerprint density at radius 2 is 2.36 bits per heavy atom. The number of aliphatic hydroxyl groups excluding tert-OH is 1. The van der Waals surface area contributed by atoms with Crippen molar-refractivity contribution in [3.63, 3.8) is 0 Å². The minimum Gasteiger partial charge on any atom is -0.396 e. The van der Waals surface area contributed by atoms with E-state index >= 15 is 0 Å². The topological polar surface area (TPSA) is 75.3 Å². The molecular weight excluding hydrogens is 180 g/mol. The van der Waals surface area contributed by atoms with E-state index < -0.39 is 0 Å². The zero-order valence-electron chi connectivity index (χ0n) is 7.93. The smallest absolute Gasteiger partial charge is 0.147 e. The van der Waals surface area contributed by atoms with Crippen LogP contribution in [0.3, 0.4) is 0 Å². The number of aromatic nitrogens is 2. The SMILES string of the molecule is Nc1cnc(N2CCC(CO)C2)cn1. The highest BCUT2D eigenvalue weighted by Crippen LogP contribution is 2.20. The van der Waals surface area contributed by atoms with E-state index in [0.29, 0.717) is 11.7 Å². The summed E-state index contributed by atoms with van der Waals surface area (Å²) in [6.07, 6.45) is 4.25. The minimum absolute atomic E-state index is 0.249. The highest BCUT2D eigenvalue weighted by Gasteiger charge is 2.22. The van der Waals surface area contributed by atoms with E-state index in [9.17, 15) is 0 Å². The van der Waals surface area contributed by atoms with Crippen molar-refractivity contribution >= 4 is 11.6 Å². The standard InChI is InChI=1S/C9H14N4O/c10-8-3-12-9(4-11-8)13-2-1-7(5-13)6-14/h3-4,7,14H,1-2,5-6H2,(H2,10,11). The first-order valence-corrected chi connectivity index (χ1v) is 4.73. The number of nitrogens with two attached hydrogens (primary N) is 1. The number of aliphatic hydroxyl groups is 1. The van der Waals surface area contributed by atoms with Crippen LogP contribution in [0.15, 0.2) is 12.4 Å². The van der Waals surface area contributed by atoms with Crippen molar-refractivity contribution in [2.45, 2.75) is 6.42 Å². The van der Waals surface area contributed by atoms with Crippen molar-refractivity contribution in [3.05, 3.63) is 12.4 Å². The van der Waals surface area contributed by atoms with Gasteiger partial charge in [-0.3, -0.25) is 0 Å². The van der Waals surface area contributed by atoms with Gasteiger partial charge >= 0.3 is 0 Å². The first-order valence-electron chi connectivity index (χ1n) is 4.73. The molecule has 0 saturated carbocycles. The molecule has 5 heteroatoms. The van der Waals surface area contributed by atoms with E-state index in [-0.39, 0.29) is 6.61 Å². The number of anilines is 2. The Hall–Kier alpha value is -1.36. The lowest BCUT2D eigenvalue weighted by Gasteiger charge is -2.16. The largest absolute Gasteiger partial charge is 0.396 e. The molecule has 1 aromatic rings. The Morgan fingerprint density at radius 1 is 1.50 bits per heavy atom. The molecule has 0 spiro atoms. The molecule has 0 aromatic carbocycles. The van der Waals surface area contributed by atoms with Gasteiger partial charge in [0, 0.05) is 25.6 Å². The van der Waals surface area contributed by atoms with Gasteiger partial charge < -0.3 is 15.7 Å². The first-order chi connectivity index (χ1) is 6.79. The van der Waals surface area contributed by atoms with E-state index in [0.717, 1.165) is 25.3 Å². The summed E-state index contributed by atoms with van der Waals surface area (Å²) < 4.78 is 0. The molecule has 3 N–H and O–H groups in total. The Kier molecular flexibility index (Phi) is 2.49. The zero-order valence-corrected chi connectivity index (χ0v) is 7.93. The predicted molar refractivity (Wildman–Crippen MR) is 53.9 cm³/mol. The molecule has 1 unspecified atom stereocenters. The molecule has 1 aliphatic heterocycles. The van der Waals surface area contributed by atoms with Crippen molar-refractivity contribution in [2.24, 2.45) is 5.92 Å². The highest BCUT2D eigenvalue weighted by atomic mass is 16.3. The number of nitrogens with zero attached hydrogens (tertiary/aromatic N) is 3. The number of hydrogen-bond donors (Lipinski definition) is 2. The fourth-order valence-corrected chi connectivity index (χ4v) is 1.68. The van der Waals surface area contributed by atoms with Gasteiger partial charge in [0.1, 0.15) is 11.6 Å². The summed E-state index contributed by atoms with van der Waals surface area (Å²) in [6.45, 7) is 2.04. The molecule has 1 saturated heterocycles. The third-order valence-electron chi connectivity index (χ3n) is 2.53. The molecule has 0 bridgehead atoms. The summed E-state index contributed by atoms with van der Waals surface area (Å²) in [5.74, 6) is 1.65. The van der Waals surface area contributed by atoms with E-state index in [2.05, 4.69) is 14.9 Å². The molecule has 14 heavy (non-hydrogen) atoms. The van der Waals surface area contributed by atoms with Crippen LogP contribution in [0.2, 0.25) is 0 Å². The molecule has 5 nitrogen and oxygen atoms in total. The third-order valence-corrected chi connectivity index (χ3v) is 2.53. The maximum atomic E-state index is 8.99. The van der Waals surface area contributed by atoms with Crippen LogP contribution in [-0.2, 0) is 0 Å². The monoisotopic (exact) mass is 194 g/mol. The van der Waals surface area contributed by atoms with Crippen LogP contribution in [-0.4, -0.2) is 34.8 Å². The molecule has 1 atom stereocenters. The molecule has 76 valence electrons. The fourth-order valence-electron chi connectivity index (χ4n) is 1.68. The molecule has 1 aliphatic rings. The lowest BCUT2D eigenvalue weighted by atomic mass is 10.1. The number of rotatable bonds is 2. The molecular formula is C9H14N4O. The first kappa shape index (κ1) is 9.21. The zero-order chi connectivity index (χ0) is 9.97. The van der Waals surface area contributed by atoms with Crippen molar-refractivity contribution in [1.29, 1.82) is 0 Å². The summed E-state index contributed by atoms with van der Waals surface area (Å²) in [4.78, 5) is 10.3. The van der Waals surface area contributed by atoms with Gasteiger partial charge in [-0.05, 0) is 6.42 Å². The van der Waals surface area contributed by atoms with Crippen LogP contribution in [0.4, 0.5) is 11.6 Å². The Labute approximate surface area is 82.6 Å². The van der Waals surface area contributed by atoms with E-state index in [1.54, 1.807) is 12.4 Å². The molecule has 0 aliphatic carbocycles. The van der Waals surface area contributed by atoms with E-state index in [4.69, 9.17) is 10.8 Å². The molecule has 1 aromatic heterocycles. The molecule has 2 rings (SSSR count). The van der Waals surface area contributed by atoms with Crippen LogP contribution in [0.5, 0.6) is 0 Å². The Bertz CT molecular complexity index is 300. The molecule has 0 radical (unpaired) electrons. The quantitative estimate of drug-likeness (QED) is 0.686. The summed E-state index contributed by atoms with van der Waals surface area (Å²) >= 11 is 0. The normalized spacial score (nSPS) is 21.5. The van der Waals surface area contributed by atoms with Crippen LogP contribution in [0.25, 0.3) is 0 Å². The Balaban J connectivity index is 2.06. The van der Waals surface area contributed by atoms with Gasteiger partial charge in [-0.25, -0.2) is 9.97 Å². The highest BCUT2D eigenvalue weighted by molar-refractivity contribution is 5.40. The van der Waals surface area contributed by atoms with Gasteiger partial charge in [-0.1, -0.05) is 0 Å². The molecule has 0 amide bonds. The van der Waals surface area contributed by atoms with Crippen molar-refractivity contribution in [2.75, 3.05) is 30.3 Å². The lowest BCUT2D eigenvalue weighted by molar-refractivity contribution is 0.238. The van der Waals surface area contributed by atoms with Crippen LogP contribution >= 0.6 is 0 Å². The van der Waals surface area contributed by atoms with Gasteiger partial charge in [-0.2, -0.15) is 0 Å². The van der Waals surface area contributed by atoms with E-state index in [1.807, 2.05) is 0 Å². The van der Waals surface area contributed by atoms with Crippen molar-refractivity contribution in [1.82, 2.24) is 9.97 Å². The van der Waals surface area contributed by atoms with Gasteiger partial charge in [0.25, 0.3) is 0 Å². The molecule has 2 heterocycles.